The van der Waals surface area contributed by atoms with Gasteiger partial charge in [0.1, 0.15) is 0 Å². The van der Waals surface area contributed by atoms with Crippen LogP contribution in [0.2, 0.25) is 0 Å². The van der Waals surface area contributed by atoms with Crippen molar-refractivity contribution in [1.82, 2.24) is 10.2 Å². The minimum absolute atomic E-state index is 0.270. The highest BCUT2D eigenvalue weighted by molar-refractivity contribution is 4.88. The molecule has 0 bridgehead atoms. The van der Waals surface area contributed by atoms with Gasteiger partial charge in [0.25, 0.3) is 0 Å². The lowest BCUT2D eigenvalue weighted by molar-refractivity contribution is 0.0597. The molecule has 1 unspecified atom stereocenters. The van der Waals surface area contributed by atoms with Gasteiger partial charge < -0.3 is 10.4 Å². The van der Waals surface area contributed by atoms with Gasteiger partial charge in [0.05, 0.1) is 6.61 Å². The highest BCUT2D eigenvalue weighted by Gasteiger charge is 2.31. The van der Waals surface area contributed by atoms with Gasteiger partial charge in [-0.2, -0.15) is 0 Å². The SMILES string of the molecule is CC(C)(C)C1CNCCN1CCO. The van der Waals surface area contributed by atoms with E-state index < -0.39 is 0 Å². The van der Waals surface area contributed by atoms with Gasteiger partial charge in [-0.15, -0.1) is 0 Å². The molecular weight excluding hydrogens is 164 g/mol. The zero-order valence-electron chi connectivity index (χ0n) is 9.01. The van der Waals surface area contributed by atoms with Crippen molar-refractivity contribution in [3.05, 3.63) is 0 Å². The molecule has 0 saturated carbocycles. The van der Waals surface area contributed by atoms with E-state index in [1.807, 2.05) is 0 Å². The summed E-state index contributed by atoms with van der Waals surface area (Å²) in [4.78, 5) is 2.39. The van der Waals surface area contributed by atoms with Gasteiger partial charge in [-0.25, -0.2) is 0 Å². The van der Waals surface area contributed by atoms with Gasteiger partial charge in [0.2, 0.25) is 0 Å². The summed E-state index contributed by atoms with van der Waals surface area (Å²) < 4.78 is 0. The fraction of sp³-hybridized carbons (Fsp3) is 1.00. The van der Waals surface area contributed by atoms with Gasteiger partial charge >= 0.3 is 0 Å². The first-order valence-corrected chi connectivity index (χ1v) is 5.11. The number of piperazine rings is 1. The molecule has 1 rings (SSSR count). The van der Waals surface area contributed by atoms with Crippen molar-refractivity contribution in [3.8, 4) is 0 Å². The predicted octanol–water partition coefficient (Wildman–Crippen LogP) is 0.299. The summed E-state index contributed by atoms with van der Waals surface area (Å²) in [7, 11) is 0. The van der Waals surface area contributed by atoms with Crippen LogP contribution in [-0.2, 0) is 0 Å². The zero-order chi connectivity index (χ0) is 9.90. The average molecular weight is 186 g/mol. The van der Waals surface area contributed by atoms with Crippen LogP contribution in [0.15, 0.2) is 0 Å². The van der Waals surface area contributed by atoms with Crippen molar-refractivity contribution in [2.24, 2.45) is 5.41 Å². The van der Waals surface area contributed by atoms with Gasteiger partial charge in [0, 0.05) is 32.2 Å². The Balaban J connectivity index is 2.56. The minimum atomic E-state index is 0.270. The normalized spacial score (nSPS) is 26.3. The van der Waals surface area contributed by atoms with Crippen LogP contribution in [0.4, 0.5) is 0 Å². The fourth-order valence-electron chi connectivity index (χ4n) is 2.00. The molecule has 1 aliphatic heterocycles. The van der Waals surface area contributed by atoms with Crippen LogP contribution in [-0.4, -0.2) is 48.8 Å². The number of rotatable bonds is 2. The van der Waals surface area contributed by atoms with Crippen LogP contribution in [0.1, 0.15) is 20.8 Å². The molecule has 0 spiro atoms. The first-order chi connectivity index (χ1) is 6.05. The van der Waals surface area contributed by atoms with Crippen LogP contribution in [0.5, 0.6) is 0 Å². The molecule has 1 aliphatic rings. The molecule has 0 aromatic heterocycles. The summed E-state index contributed by atoms with van der Waals surface area (Å²) in [6, 6.07) is 0.549. The second kappa shape index (κ2) is 4.40. The zero-order valence-corrected chi connectivity index (χ0v) is 9.01. The number of aliphatic hydroxyl groups is 1. The molecule has 2 N–H and O–H groups in total. The van der Waals surface area contributed by atoms with E-state index in [-0.39, 0.29) is 6.61 Å². The molecule has 1 fully saturated rings. The first kappa shape index (κ1) is 11.0. The Morgan fingerprint density at radius 1 is 1.46 bits per heavy atom. The lowest BCUT2D eigenvalue weighted by Crippen LogP contribution is -2.57. The van der Waals surface area contributed by atoms with Gasteiger partial charge in [-0.3, -0.25) is 4.90 Å². The third-order valence-corrected chi connectivity index (χ3v) is 2.74. The lowest BCUT2D eigenvalue weighted by Gasteiger charge is -2.43. The molecule has 0 radical (unpaired) electrons. The molecular formula is C10H22N2O. The molecule has 0 aromatic rings. The Labute approximate surface area is 81.1 Å². The third-order valence-electron chi connectivity index (χ3n) is 2.74. The largest absolute Gasteiger partial charge is 0.395 e. The summed E-state index contributed by atoms with van der Waals surface area (Å²) in [6.07, 6.45) is 0. The first-order valence-electron chi connectivity index (χ1n) is 5.11. The summed E-state index contributed by atoms with van der Waals surface area (Å²) in [6.45, 7) is 11.0. The van der Waals surface area contributed by atoms with Crippen molar-refractivity contribution in [1.29, 1.82) is 0 Å². The van der Waals surface area contributed by atoms with Crippen molar-refractivity contribution >= 4 is 0 Å². The van der Waals surface area contributed by atoms with E-state index in [9.17, 15) is 0 Å². The van der Waals surface area contributed by atoms with Crippen LogP contribution >= 0.6 is 0 Å². The Bertz CT molecular complexity index is 151. The maximum Gasteiger partial charge on any atom is 0.0558 e. The van der Waals surface area contributed by atoms with Crippen molar-refractivity contribution < 1.29 is 5.11 Å². The monoisotopic (exact) mass is 186 g/mol. The Kier molecular flexibility index (Phi) is 3.71. The van der Waals surface area contributed by atoms with E-state index in [4.69, 9.17) is 5.11 Å². The Morgan fingerprint density at radius 2 is 2.15 bits per heavy atom. The number of nitrogens with one attached hydrogen (secondary N) is 1. The van der Waals surface area contributed by atoms with Crippen LogP contribution < -0.4 is 5.32 Å². The van der Waals surface area contributed by atoms with Crippen molar-refractivity contribution in [2.75, 3.05) is 32.8 Å². The summed E-state index contributed by atoms with van der Waals surface area (Å²) in [5.41, 5.74) is 0.294. The molecule has 0 amide bonds. The highest BCUT2D eigenvalue weighted by atomic mass is 16.3. The number of β-amino-alcohol motifs (C(OH)–C–C–N with tert-alkyl or cyclic N) is 1. The molecule has 0 aliphatic carbocycles. The smallest absolute Gasteiger partial charge is 0.0558 e. The number of hydrogen-bond acceptors (Lipinski definition) is 3. The van der Waals surface area contributed by atoms with E-state index in [1.165, 1.54) is 0 Å². The average Bonchev–Trinajstić information content (AvgIpc) is 2.04. The molecule has 0 aromatic carbocycles. The summed E-state index contributed by atoms with van der Waals surface area (Å²) >= 11 is 0. The summed E-state index contributed by atoms with van der Waals surface area (Å²) in [5, 5.41) is 12.3. The number of aliphatic hydroxyl groups excluding tert-OH is 1. The number of hydrogen-bond donors (Lipinski definition) is 2. The van der Waals surface area contributed by atoms with Crippen LogP contribution in [0, 0.1) is 5.41 Å². The Hall–Kier alpha value is -0.120. The van der Waals surface area contributed by atoms with Crippen LogP contribution in [0.25, 0.3) is 0 Å². The quantitative estimate of drug-likeness (QED) is 0.651. The molecule has 78 valence electrons. The predicted molar refractivity (Wildman–Crippen MR) is 54.8 cm³/mol. The second-order valence-corrected chi connectivity index (χ2v) is 4.85. The highest BCUT2D eigenvalue weighted by Crippen LogP contribution is 2.24. The molecule has 3 heteroatoms. The van der Waals surface area contributed by atoms with E-state index in [0.717, 1.165) is 26.2 Å². The third kappa shape index (κ3) is 2.93. The van der Waals surface area contributed by atoms with Crippen molar-refractivity contribution in [2.45, 2.75) is 26.8 Å². The maximum atomic E-state index is 8.94. The van der Waals surface area contributed by atoms with Gasteiger partial charge in [-0.1, -0.05) is 20.8 Å². The van der Waals surface area contributed by atoms with E-state index in [1.54, 1.807) is 0 Å². The molecule has 3 nitrogen and oxygen atoms in total. The molecule has 1 heterocycles. The van der Waals surface area contributed by atoms with E-state index in [0.29, 0.717) is 11.5 Å². The Morgan fingerprint density at radius 3 is 2.69 bits per heavy atom. The standard InChI is InChI=1S/C10H22N2O/c1-10(2,3)9-8-11-4-5-12(9)6-7-13/h9,11,13H,4-8H2,1-3H3. The molecule has 13 heavy (non-hydrogen) atoms. The fourth-order valence-corrected chi connectivity index (χ4v) is 2.00. The minimum Gasteiger partial charge on any atom is -0.395 e. The number of nitrogens with zero attached hydrogens (tertiary/aromatic N) is 1. The van der Waals surface area contributed by atoms with Crippen LogP contribution in [0.3, 0.4) is 0 Å². The molecule has 1 atom stereocenters. The van der Waals surface area contributed by atoms with Gasteiger partial charge in [-0.05, 0) is 5.41 Å². The maximum absolute atomic E-state index is 8.94. The lowest BCUT2D eigenvalue weighted by atomic mass is 9.84. The van der Waals surface area contributed by atoms with Crippen molar-refractivity contribution in [3.63, 3.8) is 0 Å². The van der Waals surface area contributed by atoms with E-state index in [2.05, 4.69) is 31.0 Å². The van der Waals surface area contributed by atoms with E-state index >= 15 is 0 Å². The van der Waals surface area contributed by atoms with Gasteiger partial charge in [0.15, 0.2) is 0 Å². The second-order valence-electron chi connectivity index (χ2n) is 4.85. The molecule has 1 saturated heterocycles. The summed E-state index contributed by atoms with van der Waals surface area (Å²) in [5.74, 6) is 0. The topological polar surface area (TPSA) is 35.5 Å².